The van der Waals surface area contributed by atoms with E-state index in [0.29, 0.717) is 27.8 Å². The fourth-order valence-electron chi connectivity index (χ4n) is 2.27. The van der Waals surface area contributed by atoms with Gasteiger partial charge in [0.05, 0.1) is 32.4 Å². The maximum absolute atomic E-state index is 12.2. The van der Waals surface area contributed by atoms with Crippen LogP contribution in [0, 0.1) is 0 Å². The van der Waals surface area contributed by atoms with Gasteiger partial charge in [-0.1, -0.05) is 11.6 Å². The van der Waals surface area contributed by atoms with Crippen molar-refractivity contribution in [2.75, 3.05) is 31.3 Å². The van der Waals surface area contributed by atoms with Crippen LogP contribution in [-0.4, -0.2) is 47.6 Å². The first-order valence-corrected chi connectivity index (χ1v) is 10.2. The predicted octanol–water partition coefficient (Wildman–Crippen LogP) is 2.27. The normalized spacial score (nSPS) is 11.3. The number of nitrogens with zero attached hydrogens (tertiary/aromatic N) is 2. The molecule has 0 radical (unpaired) electrons. The lowest BCUT2D eigenvalue weighted by Crippen LogP contribution is -2.39. The van der Waals surface area contributed by atoms with E-state index in [1.54, 1.807) is 30.3 Å². The molecule has 0 fully saturated rings. The molecule has 0 aliphatic carbocycles. The summed E-state index contributed by atoms with van der Waals surface area (Å²) in [5, 5.41) is 4.32. The number of nitrogens with one attached hydrogen (secondary N) is 1. The zero-order chi connectivity index (χ0) is 20.7. The highest BCUT2D eigenvalue weighted by Crippen LogP contribution is 2.23. The number of methoxy groups -OCH3 is 2. The number of anilines is 1. The predicted molar refractivity (Wildman–Crippen MR) is 109 cm³/mol. The highest BCUT2D eigenvalue weighted by atomic mass is 35.5. The Kier molecular flexibility index (Phi) is 7.24. The van der Waals surface area contributed by atoms with Gasteiger partial charge in [0.15, 0.2) is 0 Å². The van der Waals surface area contributed by atoms with Gasteiger partial charge in [-0.05, 0) is 36.4 Å². The average Bonchev–Trinajstić information content (AvgIpc) is 2.66. The molecule has 0 atom stereocenters. The smallest absolute Gasteiger partial charge is 0.260 e. The standard InChI is InChI=1S/C18H20ClN3O5S/c1-26-16-9-4-13(17(10-16)27-2)11-20-21-18(23)12-22(28(3,24)25)15-7-5-14(19)6-8-15/h4-11H,12H2,1-3H3,(H,21,23). The SMILES string of the molecule is COc1ccc(C=NNC(=O)CN(c2ccc(Cl)cc2)S(C)(=O)=O)c(OC)c1. The molecule has 150 valence electrons. The molecule has 8 nitrogen and oxygen atoms in total. The number of hydrogen-bond acceptors (Lipinski definition) is 6. The second kappa shape index (κ2) is 9.43. The van der Waals surface area contributed by atoms with Crippen molar-refractivity contribution in [2.24, 2.45) is 5.10 Å². The van der Waals surface area contributed by atoms with Crippen LogP contribution in [0.25, 0.3) is 0 Å². The Balaban J connectivity index is 2.09. The second-order valence-electron chi connectivity index (χ2n) is 5.65. The number of carbonyl (C=O) groups is 1. The summed E-state index contributed by atoms with van der Waals surface area (Å²) in [7, 11) is -0.638. The van der Waals surface area contributed by atoms with Crippen molar-refractivity contribution in [3.63, 3.8) is 0 Å². The molecule has 1 amide bonds. The molecular weight excluding hydrogens is 406 g/mol. The molecule has 1 N–H and O–H groups in total. The fraction of sp³-hybridized carbons (Fsp3) is 0.222. The minimum Gasteiger partial charge on any atom is -0.497 e. The average molecular weight is 426 g/mol. The lowest BCUT2D eigenvalue weighted by atomic mass is 10.2. The third-order valence-electron chi connectivity index (χ3n) is 3.64. The van der Waals surface area contributed by atoms with E-state index in [1.807, 2.05) is 0 Å². The van der Waals surface area contributed by atoms with Gasteiger partial charge in [-0.25, -0.2) is 13.8 Å². The summed E-state index contributed by atoms with van der Waals surface area (Å²) in [5.41, 5.74) is 3.24. The van der Waals surface area contributed by atoms with Crippen molar-refractivity contribution in [2.45, 2.75) is 0 Å². The number of hydrogen-bond donors (Lipinski definition) is 1. The van der Waals surface area contributed by atoms with Gasteiger partial charge >= 0.3 is 0 Å². The molecule has 0 aromatic heterocycles. The van der Waals surface area contributed by atoms with Crippen molar-refractivity contribution >= 4 is 39.4 Å². The molecule has 0 bridgehead atoms. The van der Waals surface area contributed by atoms with Crippen LogP contribution < -0.4 is 19.2 Å². The summed E-state index contributed by atoms with van der Waals surface area (Å²) in [6, 6.07) is 11.2. The topological polar surface area (TPSA) is 97.3 Å². The molecule has 0 saturated carbocycles. The largest absolute Gasteiger partial charge is 0.497 e. The first-order chi connectivity index (χ1) is 13.2. The minimum atomic E-state index is -3.68. The van der Waals surface area contributed by atoms with Crippen molar-refractivity contribution < 1.29 is 22.7 Å². The molecule has 0 aliphatic heterocycles. The molecule has 10 heteroatoms. The van der Waals surface area contributed by atoms with E-state index in [1.165, 1.54) is 32.6 Å². The summed E-state index contributed by atoms with van der Waals surface area (Å²) in [6.45, 7) is -0.433. The van der Waals surface area contributed by atoms with E-state index in [0.717, 1.165) is 10.6 Å². The Hall–Kier alpha value is -2.78. The van der Waals surface area contributed by atoms with Crippen LogP contribution in [0.2, 0.25) is 5.02 Å². The van der Waals surface area contributed by atoms with Gasteiger partial charge in [-0.3, -0.25) is 9.10 Å². The van der Waals surface area contributed by atoms with Crippen LogP contribution in [0.4, 0.5) is 5.69 Å². The third kappa shape index (κ3) is 5.86. The van der Waals surface area contributed by atoms with E-state index in [4.69, 9.17) is 21.1 Å². The number of rotatable bonds is 8. The van der Waals surface area contributed by atoms with Gasteiger partial charge in [0.25, 0.3) is 5.91 Å². The van der Waals surface area contributed by atoms with Gasteiger partial charge < -0.3 is 9.47 Å². The number of halogens is 1. The molecule has 2 rings (SSSR count). The number of carbonyl (C=O) groups excluding carboxylic acids is 1. The van der Waals surface area contributed by atoms with Crippen molar-refractivity contribution in [1.82, 2.24) is 5.43 Å². The second-order valence-corrected chi connectivity index (χ2v) is 7.99. The Morgan fingerprint density at radius 2 is 1.86 bits per heavy atom. The van der Waals surface area contributed by atoms with Gasteiger partial charge in [0, 0.05) is 16.7 Å². The minimum absolute atomic E-state index is 0.322. The van der Waals surface area contributed by atoms with E-state index < -0.39 is 22.5 Å². The number of sulfonamides is 1. The van der Waals surface area contributed by atoms with E-state index in [-0.39, 0.29) is 0 Å². The molecule has 0 aliphatic rings. The first kappa shape index (κ1) is 21.5. The maximum atomic E-state index is 12.2. The summed E-state index contributed by atoms with van der Waals surface area (Å²) in [5.74, 6) is 0.519. The summed E-state index contributed by atoms with van der Waals surface area (Å²) >= 11 is 5.82. The van der Waals surface area contributed by atoms with Gasteiger partial charge in [-0.15, -0.1) is 0 Å². The Labute approximate surface area is 168 Å². The fourth-order valence-corrected chi connectivity index (χ4v) is 3.25. The molecule has 0 saturated heterocycles. The lowest BCUT2D eigenvalue weighted by Gasteiger charge is -2.21. The van der Waals surface area contributed by atoms with Crippen LogP contribution in [0.5, 0.6) is 11.5 Å². The molecule has 28 heavy (non-hydrogen) atoms. The Morgan fingerprint density at radius 3 is 2.43 bits per heavy atom. The number of hydrazone groups is 1. The van der Waals surface area contributed by atoms with E-state index >= 15 is 0 Å². The van der Waals surface area contributed by atoms with Crippen molar-refractivity contribution in [3.05, 3.63) is 53.1 Å². The number of benzene rings is 2. The molecule has 0 spiro atoms. The maximum Gasteiger partial charge on any atom is 0.260 e. The van der Waals surface area contributed by atoms with Crippen LogP contribution in [-0.2, 0) is 14.8 Å². The van der Waals surface area contributed by atoms with E-state index in [9.17, 15) is 13.2 Å². The monoisotopic (exact) mass is 425 g/mol. The molecule has 0 heterocycles. The quantitative estimate of drug-likeness (QED) is 0.517. The van der Waals surface area contributed by atoms with Crippen molar-refractivity contribution in [3.8, 4) is 11.5 Å². The van der Waals surface area contributed by atoms with Gasteiger partial charge in [-0.2, -0.15) is 5.10 Å². The molecule has 0 unspecified atom stereocenters. The Morgan fingerprint density at radius 1 is 1.18 bits per heavy atom. The van der Waals surface area contributed by atoms with Gasteiger partial charge in [0.1, 0.15) is 18.0 Å². The third-order valence-corrected chi connectivity index (χ3v) is 5.03. The highest BCUT2D eigenvalue weighted by molar-refractivity contribution is 7.92. The lowest BCUT2D eigenvalue weighted by molar-refractivity contribution is -0.119. The zero-order valence-corrected chi connectivity index (χ0v) is 17.1. The summed E-state index contributed by atoms with van der Waals surface area (Å²) < 4.78 is 35.4. The Bertz CT molecular complexity index is 962. The first-order valence-electron chi connectivity index (χ1n) is 8.02. The van der Waals surface area contributed by atoms with Crippen LogP contribution in [0.3, 0.4) is 0 Å². The summed E-state index contributed by atoms with van der Waals surface area (Å²) in [4.78, 5) is 12.2. The molecular formula is C18H20ClN3O5S. The summed E-state index contributed by atoms with van der Waals surface area (Å²) in [6.07, 6.45) is 2.41. The van der Waals surface area contributed by atoms with Crippen molar-refractivity contribution in [1.29, 1.82) is 0 Å². The molecule has 2 aromatic carbocycles. The van der Waals surface area contributed by atoms with Gasteiger partial charge in [0.2, 0.25) is 10.0 Å². The number of amides is 1. The highest BCUT2D eigenvalue weighted by Gasteiger charge is 2.20. The zero-order valence-electron chi connectivity index (χ0n) is 15.5. The van der Waals surface area contributed by atoms with Crippen LogP contribution >= 0.6 is 11.6 Å². The number of ether oxygens (including phenoxy) is 2. The van der Waals surface area contributed by atoms with E-state index in [2.05, 4.69) is 10.5 Å². The van der Waals surface area contributed by atoms with Crippen LogP contribution in [0.1, 0.15) is 5.56 Å². The van der Waals surface area contributed by atoms with Crippen LogP contribution in [0.15, 0.2) is 47.6 Å². The molecule has 2 aromatic rings.